The molecule has 0 bridgehead atoms. The summed E-state index contributed by atoms with van der Waals surface area (Å²) in [6.07, 6.45) is 4.07. The Balaban J connectivity index is 3.66. The average Bonchev–Trinajstić information content (AvgIpc) is 2.31. The molecule has 0 spiro atoms. The van der Waals surface area contributed by atoms with Crippen LogP contribution in [0.15, 0.2) is 4.99 Å². The summed E-state index contributed by atoms with van der Waals surface area (Å²) >= 11 is 0. The third-order valence-electron chi connectivity index (χ3n) is 2.43. The highest BCUT2D eigenvalue weighted by Crippen LogP contribution is 1.91. The van der Waals surface area contributed by atoms with E-state index in [0.717, 1.165) is 18.9 Å². The Morgan fingerprint density at radius 1 is 1.18 bits per heavy atom. The predicted octanol–water partition coefficient (Wildman–Crippen LogP) is 0.820. The Morgan fingerprint density at radius 2 is 1.82 bits per heavy atom. The lowest BCUT2D eigenvalue weighted by molar-refractivity contribution is -0.128. The first-order valence-corrected chi connectivity index (χ1v) is 6.26. The second-order valence-electron chi connectivity index (χ2n) is 4.17. The number of hydrogen-bond acceptors (Lipinski definition) is 2. The number of nitrogens with one attached hydrogen (secondary N) is 2. The van der Waals surface area contributed by atoms with Gasteiger partial charge in [-0.3, -0.25) is 9.79 Å². The third-order valence-corrected chi connectivity index (χ3v) is 2.43. The number of aliphatic imine (C=N–C) groups is 1. The van der Waals surface area contributed by atoms with Gasteiger partial charge < -0.3 is 15.5 Å². The maximum absolute atomic E-state index is 11.3. The molecule has 0 aromatic rings. The number of carbonyl (C=O) groups is 1. The fourth-order valence-corrected chi connectivity index (χ4v) is 1.31. The van der Waals surface area contributed by atoms with Crippen LogP contribution in [0.4, 0.5) is 0 Å². The van der Waals surface area contributed by atoms with Crippen LogP contribution >= 0.6 is 0 Å². The van der Waals surface area contributed by atoms with Crippen molar-refractivity contribution in [1.29, 1.82) is 0 Å². The van der Waals surface area contributed by atoms with E-state index in [2.05, 4.69) is 22.5 Å². The molecule has 0 aliphatic carbocycles. The minimum Gasteiger partial charge on any atom is -0.356 e. The van der Waals surface area contributed by atoms with Crippen molar-refractivity contribution in [2.45, 2.75) is 32.6 Å². The van der Waals surface area contributed by atoms with Crippen molar-refractivity contribution in [3.8, 4) is 0 Å². The molecule has 100 valence electrons. The molecule has 0 aromatic heterocycles. The number of unbranched alkanes of at least 4 members (excludes halogenated alkanes) is 2. The zero-order valence-electron chi connectivity index (χ0n) is 11.5. The molecule has 2 N–H and O–H groups in total. The van der Waals surface area contributed by atoms with Gasteiger partial charge in [-0.25, -0.2) is 0 Å². The number of carbonyl (C=O) groups excluding carboxylic acids is 1. The van der Waals surface area contributed by atoms with Crippen molar-refractivity contribution < 1.29 is 4.79 Å². The summed E-state index contributed by atoms with van der Waals surface area (Å²) in [6.45, 7) is 3.72. The van der Waals surface area contributed by atoms with E-state index >= 15 is 0 Å². The van der Waals surface area contributed by atoms with Crippen LogP contribution in [0.3, 0.4) is 0 Å². The average molecular weight is 242 g/mol. The van der Waals surface area contributed by atoms with E-state index < -0.39 is 0 Å². The van der Waals surface area contributed by atoms with E-state index in [1.54, 1.807) is 26.0 Å². The van der Waals surface area contributed by atoms with Gasteiger partial charge >= 0.3 is 0 Å². The van der Waals surface area contributed by atoms with E-state index in [-0.39, 0.29) is 5.91 Å². The summed E-state index contributed by atoms with van der Waals surface area (Å²) in [6, 6.07) is 0. The lowest BCUT2D eigenvalue weighted by atomic mass is 10.2. The molecular formula is C12H26N4O. The summed E-state index contributed by atoms with van der Waals surface area (Å²) in [7, 11) is 5.27. The van der Waals surface area contributed by atoms with Crippen LogP contribution in [0, 0.1) is 0 Å². The van der Waals surface area contributed by atoms with Gasteiger partial charge in [-0.15, -0.1) is 0 Å². The lowest BCUT2D eigenvalue weighted by Crippen LogP contribution is -2.39. The molecule has 0 fully saturated rings. The SMILES string of the molecule is CCCCCNC(=NC)NCCC(=O)N(C)C. The summed E-state index contributed by atoms with van der Waals surface area (Å²) < 4.78 is 0. The van der Waals surface area contributed by atoms with Gasteiger partial charge in [-0.1, -0.05) is 19.8 Å². The van der Waals surface area contributed by atoms with Crippen LogP contribution in [0.1, 0.15) is 32.6 Å². The van der Waals surface area contributed by atoms with E-state index in [1.165, 1.54) is 12.8 Å². The summed E-state index contributed by atoms with van der Waals surface area (Å²) in [5, 5.41) is 6.34. The monoisotopic (exact) mass is 242 g/mol. The van der Waals surface area contributed by atoms with E-state index in [9.17, 15) is 4.79 Å². The molecular weight excluding hydrogens is 216 g/mol. The minimum atomic E-state index is 0.124. The summed E-state index contributed by atoms with van der Waals surface area (Å²) in [5.74, 6) is 0.895. The van der Waals surface area contributed by atoms with Crippen LogP contribution in [0.25, 0.3) is 0 Å². The number of nitrogens with zero attached hydrogens (tertiary/aromatic N) is 2. The van der Waals surface area contributed by atoms with Gasteiger partial charge in [-0.2, -0.15) is 0 Å². The molecule has 5 nitrogen and oxygen atoms in total. The zero-order valence-corrected chi connectivity index (χ0v) is 11.5. The van der Waals surface area contributed by atoms with Crippen LogP contribution in [-0.2, 0) is 4.79 Å². The highest BCUT2D eigenvalue weighted by Gasteiger charge is 2.03. The van der Waals surface area contributed by atoms with Crippen LogP contribution in [0.2, 0.25) is 0 Å². The first-order valence-electron chi connectivity index (χ1n) is 6.26. The van der Waals surface area contributed by atoms with Gasteiger partial charge in [0.15, 0.2) is 5.96 Å². The number of hydrogen-bond donors (Lipinski definition) is 2. The Labute approximate surface area is 105 Å². The molecule has 0 saturated carbocycles. The minimum absolute atomic E-state index is 0.124. The maximum atomic E-state index is 11.3. The Bertz CT molecular complexity index is 239. The molecule has 0 heterocycles. The smallest absolute Gasteiger partial charge is 0.223 e. The van der Waals surface area contributed by atoms with Crippen molar-refractivity contribution in [3.05, 3.63) is 0 Å². The van der Waals surface area contributed by atoms with Crippen LogP contribution in [-0.4, -0.2) is 51.0 Å². The van der Waals surface area contributed by atoms with Gasteiger partial charge in [0.1, 0.15) is 0 Å². The molecule has 0 aliphatic rings. The van der Waals surface area contributed by atoms with Crippen LogP contribution < -0.4 is 10.6 Å². The van der Waals surface area contributed by atoms with Gasteiger partial charge in [0, 0.05) is 40.7 Å². The molecule has 0 aromatic carbocycles. The van der Waals surface area contributed by atoms with E-state index in [4.69, 9.17) is 0 Å². The molecule has 0 unspecified atom stereocenters. The molecule has 5 heteroatoms. The number of amides is 1. The Hall–Kier alpha value is -1.26. The summed E-state index contributed by atoms with van der Waals surface area (Å²) in [4.78, 5) is 17.0. The van der Waals surface area contributed by atoms with Gasteiger partial charge in [0.2, 0.25) is 5.91 Å². The quantitative estimate of drug-likeness (QED) is 0.395. The fourth-order valence-electron chi connectivity index (χ4n) is 1.31. The van der Waals surface area contributed by atoms with E-state index in [0.29, 0.717) is 13.0 Å². The third kappa shape index (κ3) is 8.54. The Morgan fingerprint density at radius 3 is 2.35 bits per heavy atom. The van der Waals surface area contributed by atoms with Crippen molar-refractivity contribution in [3.63, 3.8) is 0 Å². The Kier molecular flexibility index (Phi) is 9.19. The summed E-state index contributed by atoms with van der Waals surface area (Å²) in [5.41, 5.74) is 0. The van der Waals surface area contributed by atoms with Crippen molar-refractivity contribution in [2.75, 3.05) is 34.2 Å². The molecule has 0 atom stereocenters. The van der Waals surface area contributed by atoms with Gasteiger partial charge in [-0.05, 0) is 6.42 Å². The lowest BCUT2D eigenvalue weighted by Gasteiger charge is -2.13. The largest absolute Gasteiger partial charge is 0.356 e. The van der Waals surface area contributed by atoms with Gasteiger partial charge in [0.05, 0.1) is 0 Å². The predicted molar refractivity (Wildman–Crippen MR) is 72.2 cm³/mol. The first kappa shape index (κ1) is 15.7. The van der Waals surface area contributed by atoms with Crippen LogP contribution in [0.5, 0.6) is 0 Å². The molecule has 17 heavy (non-hydrogen) atoms. The first-order chi connectivity index (χ1) is 8.11. The highest BCUT2D eigenvalue weighted by molar-refractivity contribution is 5.81. The molecule has 0 radical (unpaired) electrons. The second kappa shape index (κ2) is 9.93. The molecule has 0 rings (SSSR count). The molecule has 0 aliphatic heterocycles. The highest BCUT2D eigenvalue weighted by atomic mass is 16.2. The zero-order chi connectivity index (χ0) is 13.1. The topological polar surface area (TPSA) is 56.7 Å². The molecule has 1 amide bonds. The standard InChI is InChI=1S/C12H26N4O/c1-5-6-7-9-14-12(13-2)15-10-8-11(17)16(3)4/h5-10H2,1-4H3,(H2,13,14,15). The van der Waals surface area contributed by atoms with Crippen molar-refractivity contribution >= 4 is 11.9 Å². The van der Waals surface area contributed by atoms with Crippen molar-refractivity contribution in [2.24, 2.45) is 4.99 Å². The fraction of sp³-hybridized carbons (Fsp3) is 0.833. The van der Waals surface area contributed by atoms with Gasteiger partial charge in [0.25, 0.3) is 0 Å². The normalized spacial score (nSPS) is 11.2. The number of rotatable bonds is 7. The number of guanidine groups is 1. The second-order valence-corrected chi connectivity index (χ2v) is 4.17. The van der Waals surface area contributed by atoms with Crippen molar-refractivity contribution in [1.82, 2.24) is 15.5 Å². The maximum Gasteiger partial charge on any atom is 0.223 e. The van der Waals surface area contributed by atoms with E-state index in [1.807, 2.05) is 0 Å². The molecule has 0 saturated heterocycles.